The van der Waals surface area contributed by atoms with E-state index in [0.717, 1.165) is 23.8 Å². The molecule has 0 radical (unpaired) electrons. The van der Waals surface area contributed by atoms with E-state index in [1.54, 1.807) is 0 Å². The Morgan fingerprint density at radius 2 is 1.74 bits per heavy atom. The zero-order valence-corrected chi connectivity index (χ0v) is 12.1. The van der Waals surface area contributed by atoms with Crippen LogP contribution in [0.25, 0.3) is 0 Å². The number of aryl methyl sites for hydroxylation is 1. The molecule has 2 nitrogen and oxygen atoms in total. The minimum Gasteiger partial charge on any atom is -0.382 e. The van der Waals surface area contributed by atoms with Crippen LogP contribution in [-0.4, -0.2) is 20.1 Å². The third-order valence-electron chi connectivity index (χ3n) is 3.16. The number of para-hydroxylation sites is 2. The summed E-state index contributed by atoms with van der Waals surface area (Å²) in [4.78, 5) is 2.25. The minimum atomic E-state index is 0.765. The molecule has 0 aromatic heterocycles. The first kappa shape index (κ1) is 13.8. The Kier molecular flexibility index (Phi) is 4.69. The van der Waals surface area contributed by atoms with Gasteiger partial charge in [0.2, 0.25) is 0 Å². The van der Waals surface area contributed by atoms with Gasteiger partial charge >= 0.3 is 0 Å². The summed E-state index contributed by atoms with van der Waals surface area (Å²) in [6.07, 6.45) is 0. The first-order chi connectivity index (χ1) is 9.18. The van der Waals surface area contributed by atoms with Crippen LogP contribution in [-0.2, 0) is 0 Å². The van der Waals surface area contributed by atoms with E-state index >= 15 is 0 Å². The molecule has 100 valence electrons. The Morgan fingerprint density at radius 3 is 2.47 bits per heavy atom. The lowest BCUT2D eigenvalue weighted by Crippen LogP contribution is -2.25. The van der Waals surface area contributed by atoms with E-state index in [4.69, 9.17) is 11.6 Å². The van der Waals surface area contributed by atoms with Crippen LogP contribution in [0.5, 0.6) is 0 Å². The summed E-state index contributed by atoms with van der Waals surface area (Å²) in [6.45, 7) is 3.91. The Balaban J connectivity index is 1.90. The average molecular weight is 275 g/mol. The highest BCUT2D eigenvalue weighted by Gasteiger charge is 2.03. The fourth-order valence-corrected chi connectivity index (χ4v) is 2.28. The molecule has 0 aliphatic rings. The van der Waals surface area contributed by atoms with Crippen molar-refractivity contribution in [3.05, 3.63) is 59.1 Å². The number of rotatable bonds is 5. The molecule has 0 fully saturated rings. The molecular weight excluding hydrogens is 256 g/mol. The van der Waals surface area contributed by atoms with E-state index < -0.39 is 0 Å². The third-order valence-corrected chi connectivity index (χ3v) is 3.49. The van der Waals surface area contributed by atoms with Crippen molar-refractivity contribution >= 4 is 23.0 Å². The van der Waals surface area contributed by atoms with Crippen molar-refractivity contribution in [2.45, 2.75) is 6.92 Å². The van der Waals surface area contributed by atoms with Gasteiger partial charge in [-0.2, -0.15) is 0 Å². The number of nitrogens with zero attached hydrogens (tertiary/aromatic N) is 1. The molecule has 0 aliphatic heterocycles. The maximum atomic E-state index is 6.11. The molecule has 0 saturated carbocycles. The van der Waals surface area contributed by atoms with Gasteiger partial charge in [0, 0.05) is 25.8 Å². The van der Waals surface area contributed by atoms with Gasteiger partial charge in [-0.1, -0.05) is 41.9 Å². The molecule has 2 aromatic rings. The number of hydrogen-bond donors (Lipinski definition) is 1. The van der Waals surface area contributed by atoms with Gasteiger partial charge in [0.25, 0.3) is 0 Å². The quantitative estimate of drug-likeness (QED) is 0.879. The normalized spacial score (nSPS) is 10.3. The zero-order valence-electron chi connectivity index (χ0n) is 11.4. The molecule has 2 rings (SSSR count). The summed E-state index contributed by atoms with van der Waals surface area (Å²) in [5.74, 6) is 0. The SMILES string of the molecule is Cc1ccccc1N(C)CCNc1ccccc1Cl. The lowest BCUT2D eigenvalue weighted by Gasteiger charge is -2.22. The van der Waals surface area contributed by atoms with Crippen molar-refractivity contribution < 1.29 is 0 Å². The maximum absolute atomic E-state index is 6.11. The van der Waals surface area contributed by atoms with Crippen LogP contribution in [0.4, 0.5) is 11.4 Å². The topological polar surface area (TPSA) is 15.3 Å². The van der Waals surface area contributed by atoms with Crippen LogP contribution in [0.1, 0.15) is 5.56 Å². The standard InChI is InChI=1S/C16H19ClN2/c1-13-7-3-6-10-16(13)19(2)12-11-18-15-9-5-4-8-14(15)17/h3-10,18H,11-12H2,1-2H3. The molecule has 1 N–H and O–H groups in total. The van der Waals surface area contributed by atoms with Gasteiger partial charge in [-0.05, 0) is 30.7 Å². The van der Waals surface area contributed by atoms with Gasteiger partial charge in [-0.15, -0.1) is 0 Å². The predicted octanol–water partition coefficient (Wildman–Crippen LogP) is 4.20. The summed E-state index contributed by atoms with van der Waals surface area (Å²) in [6, 6.07) is 16.2. The molecular formula is C16H19ClN2. The molecule has 0 atom stereocenters. The lowest BCUT2D eigenvalue weighted by atomic mass is 10.2. The van der Waals surface area contributed by atoms with Gasteiger partial charge in [0.1, 0.15) is 0 Å². The smallest absolute Gasteiger partial charge is 0.0637 e. The fraction of sp³-hybridized carbons (Fsp3) is 0.250. The zero-order chi connectivity index (χ0) is 13.7. The second-order valence-corrected chi connectivity index (χ2v) is 5.02. The van der Waals surface area contributed by atoms with Crippen LogP contribution in [0.3, 0.4) is 0 Å². The number of benzene rings is 2. The Hall–Kier alpha value is -1.67. The van der Waals surface area contributed by atoms with Crippen molar-refractivity contribution in [2.24, 2.45) is 0 Å². The van der Waals surface area contributed by atoms with E-state index in [9.17, 15) is 0 Å². The maximum Gasteiger partial charge on any atom is 0.0637 e. The fourth-order valence-electron chi connectivity index (χ4n) is 2.08. The molecule has 0 saturated heterocycles. The summed E-state index contributed by atoms with van der Waals surface area (Å²) in [7, 11) is 2.11. The highest BCUT2D eigenvalue weighted by molar-refractivity contribution is 6.33. The first-order valence-electron chi connectivity index (χ1n) is 6.43. The number of likely N-dealkylation sites (N-methyl/N-ethyl adjacent to an activating group) is 1. The Labute approximate surface area is 120 Å². The molecule has 0 bridgehead atoms. The molecule has 0 heterocycles. The minimum absolute atomic E-state index is 0.765. The number of halogens is 1. The highest BCUT2D eigenvalue weighted by atomic mass is 35.5. The third kappa shape index (κ3) is 3.65. The molecule has 2 aromatic carbocycles. The highest BCUT2D eigenvalue weighted by Crippen LogP contribution is 2.21. The monoisotopic (exact) mass is 274 g/mol. The largest absolute Gasteiger partial charge is 0.382 e. The summed E-state index contributed by atoms with van der Waals surface area (Å²) < 4.78 is 0. The first-order valence-corrected chi connectivity index (χ1v) is 6.81. The van der Waals surface area contributed by atoms with Gasteiger partial charge in [-0.3, -0.25) is 0 Å². The van der Waals surface area contributed by atoms with Crippen molar-refractivity contribution in [3.63, 3.8) is 0 Å². The van der Waals surface area contributed by atoms with Crippen molar-refractivity contribution in [1.82, 2.24) is 0 Å². The van der Waals surface area contributed by atoms with Gasteiger partial charge in [0.05, 0.1) is 10.7 Å². The summed E-state index contributed by atoms with van der Waals surface area (Å²) in [5.41, 5.74) is 3.55. The number of hydrogen-bond acceptors (Lipinski definition) is 2. The van der Waals surface area contributed by atoms with Crippen LogP contribution in [0.15, 0.2) is 48.5 Å². The van der Waals surface area contributed by atoms with Crippen LogP contribution < -0.4 is 10.2 Å². The Bertz CT molecular complexity index is 540. The summed E-state index contributed by atoms with van der Waals surface area (Å²) in [5, 5.41) is 4.12. The van der Waals surface area contributed by atoms with Crippen LogP contribution >= 0.6 is 11.6 Å². The average Bonchev–Trinajstić information content (AvgIpc) is 2.41. The number of nitrogens with one attached hydrogen (secondary N) is 1. The molecule has 0 aliphatic carbocycles. The van der Waals surface area contributed by atoms with E-state index in [-0.39, 0.29) is 0 Å². The van der Waals surface area contributed by atoms with E-state index in [1.807, 2.05) is 24.3 Å². The molecule has 3 heteroatoms. The van der Waals surface area contributed by atoms with E-state index in [1.165, 1.54) is 11.3 Å². The van der Waals surface area contributed by atoms with Gasteiger partial charge in [0.15, 0.2) is 0 Å². The molecule has 0 unspecified atom stereocenters. The second-order valence-electron chi connectivity index (χ2n) is 4.61. The van der Waals surface area contributed by atoms with E-state index in [2.05, 4.69) is 48.5 Å². The molecule has 0 spiro atoms. The molecule has 0 amide bonds. The summed E-state index contributed by atoms with van der Waals surface area (Å²) >= 11 is 6.11. The molecule has 19 heavy (non-hydrogen) atoms. The van der Waals surface area contributed by atoms with Crippen molar-refractivity contribution in [1.29, 1.82) is 0 Å². The second kappa shape index (κ2) is 6.48. The van der Waals surface area contributed by atoms with Crippen LogP contribution in [0, 0.1) is 6.92 Å². The van der Waals surface area contributed by atoms with Crippen molar-refractivity contribution in [3.8, 4) is 0 Å². The van der Waals surface area contributed by atoms with Crippen molar-refractivity contribution in [2.75, 3.05) is 30.4 Å². The van der Waals surface area contributed by atoms with Gasteiger partial charge in [-0.25, -0.2) is 0 Å². The predicted molar refractivity (Wildman–Crippen MR) is 84.4 cm³/mol. The van der Waals surface area contributed by atoms with E-state index in [0.29, 0.717) is 0 Å². The Morgan fingerprint density at radius 1 is 1.05 bits per heavy atom. The lowest BCUT2D eigenvalue weighted by molar-refractivity contribution is 0.910. The number of anilines is 2. The van der Waals surface area contributed by atoms with Crippen LogP contribution in [0.2, 0.25) is 5.02 Å². The van der Waals surface area contributed by atoms with Gasteiger partial charge < -0.3 is 10.2 Å².